The minimum absolute atomic E-state index is 0.0135. The molecule has 0 aliphatic carbocycles. The summed E-state index contributed by atoms with van der Waals surface area (Å²) in [5.41, 5.74) is 0. The molecule has 0 aromatic rings. The summed E-state index contributed by atoms with van der Waals surface area (Å²) >= 11 is 0. The average Bonchev–Trinajstić information content (AvgIpc) is 3.32. The Balaban J connectivity index is 5.12. The summed E-state index contributed by atoms with van der Waals surface area (Å²) in [6, 6.07) is 0.317. The van der Waals surface area contributed by atoms with Crippen molar-refractivity contribution in [2.24, 2.45) is 0 Å². The van der Waals surface area contributed by atoms with Crippen LogP contribution in [-0.4, -0.2) is 73.1 Å². The number of hydrogen-bond donors (Lipinski definition) is 0. The van der Waals surface area contributed by atoms with Crippen LogP contribution in [0.2, 0.25) is 0 Å². The quantitative estimate of drug-likeness (QED) is 0.0447. The van der Waals surface area contributed by atoms with Gasteiger partial charge in [-0.1, -0.05) is 221 Å². The lowest BCUT2D eigenvalue weighted by Gasteiger charge is -2.33. The third kappa shape index (κ3) is 44.3. The van der Waals surface area contributed by atoms with Crippen LogP contribution in [0, 0.1) is 0 Å². The molecule has 0 N–H and O–H groups in total. The highest BCUT2D eigenvalue weighted by atomic mass is 16.5. The summed E-state index contributed by atoms with van der Waals surface area (Å²) in [4.78, 5) is 44.3. The first-order valence-electron chi connectivity index (χ1n) is 30.5. The molecule has 0 bridgehead atoms. The summed E-state index contributed by atoms with van der Waals surface area (Å²) in [5.74, 6) is 0.409. The largest absolute Gasteiger partial charge is 0.462 e. The lowest BCUT2D eigenvalue weighted by Crippen LogP contribution is -2.41. The molecule has 1 amide bonds. The van der Waals surface area contributed by atoms with Crippen LogP contribution in [0.5, 0.6) is 0 Å². The molecular formula is C61H120N2O5. The van der Waals surface area contributed by atoms with Crippen LogP contribution in [0.4, 0.5) is 0 Å². The molecule has 0 heterocycles. The number of carbonyl (C=O) groups is 3. The Kier molecular flexibility index (Phi) is 50.5. The van der Waals surface area contributed by atoms with Crippen LogP contribution in [0.3, 0.4) is 0 Å². The van der Waals surface area contributed by atoms with Gasteiger partial charge in [-0.05, 0) is 111 Å². The van der Waals surface area contributed by atoms with Crippen molar-refractivity contribution in [2.45, 2.75) is 348 Å². The van der Waals surface area contributed by atoms with Crippen molar-refractivity contribution in [1.29, 1.82) is 0 Å². The van der Waals surface area contributed by atoms with Crippen LogP contribution < -0.4 is 0 Å². The predicted octanol–water partition coefficient (Wildman–Crippen LogP) is 18.6. The van der Waals surface area contributed by atoms with Crippen LogP contribution in [0.25, 0.3) is 0 Å². The summed E-state index contributed by atoms with van der Waals surface area (Å²) < 4.78 is 12.1. The van der Waals surface area contributed by atoms with Gasteiger partial charge >= 0.3 is 11.9 Å². The van der Waals surface area contributed by atoms with Gasteiger partial charge in [0.05, 0.1) is 0 Å². The second-order valence-electron chi connectivity index (χ2n) is 21.6. The Morgan fingerprint density at radius 1 is 0.324 bits per heavy atom. The Bertz CT molecular complexity index is 1070. The summed E-state index contributed by atoms with van der Waals surface area (Å²) in [7, 11) is 4.28. The van der Waals surface area contributed by atoms with Gasteiger partial charge in [0.25, 0.3) is 0 Å². The van der Waals surface area contributed by atoms with Crippen molar-refractivity contribution in [3.63, 3.8) is 0 Å². The molecule has 404 valence electrons. The first-order valence-corrected chi connectivity index (χ1v) is 30.5. The molecule has 7 heteroatoms. The smallest absolute Gasteiger partial charge is 0.306 e. The molecule has 0 aromatic carbocycles. The standard InChI is InChI=1S/C61H120N2O5/c1-8-13-18-23-24-32-41-51-59(64)63(55-44-54-62(6)7)56(45-35-30-25-27-33-42-52-60(65)67-57(47-37-20-15-10-3)48-38-21-16-11-4)46-36-31-26-28-34-43-53-61(66)68-58(49-39-22-17-12-5)50-40-29-19-14-9-2/h56-58H,8-55H2,1-7H3. The Morgan fingerprint density at radius 3 is 0.941 bits per heavy atom. The van der Waals surface area contributed by atoms with E-state index >= 15 is 0 Å². The van der Waals surface area contributed by atoms with Crippen LogP contribution >= 0.6 is 0 Å². The summed E-state index contributed by atoms with van der Waals surface area (Å²) in [6.07, 6.45) is 52.4. The number of rotatable bonds is 54. The minimum atomic E-state index is 0.0135. The van der Waals surface area contributed by atoms with E-state index in [2.05, 4.69) is 58.5 Å². The Morgan fingerprint density at radius 2 is 0.603 bits per heavy atom. The van der Waals surface area contributed by atoms with Gasteiger partial charge in [0, 0.05) is 31.8 Å². The first kappa shape index (κ1) is 66.4. The fraction of sp³-hybridized carbons (Fsp3) is 0.951. The average molecular weight is 962 g/mol. The number of carbonyl (C=O) groups excluding carboxylic acids is 3. The summed E-state index contributed by atoms with van der Waals surface area (Å²) in [6.45, 7) is 13.1. The minimum Gasteiger partial charge on any atom is -0.462 e. The number of nitrogens with zero attached hydrogens (tertiary/aromatic N) is 2. The van der Waals surface area contributed by atoms with Gasteiger partial charge < -0.3 is 19.3 Å². The van der Waals surface area contributed by atoms with E-state index in [0.717, 1.165) is 116 Å². The zero-order valence-electron chi connectivity index (χ0n) is 47.1. The number of ether oxygens (including phenoxy) is 2. The van der Waals surface area contributed by atoms with Gasteiger partial charge in [0.2, 0.25) is 5.91 Å². The number of esters is 2. The maximum absolute atomic E-state index is 14.0. The number of hydrogen-bond acceptors (Lipinski definition) is 6. The van der Waals surface area contributed by atoms with Crippen molar-refractivity contribution < 1.29 is 23.9 Å². The van der Waals surface area contributed by atoms with Crippen molar-refractivity contribution in [3.05, 3.63) is 0 Å². The van der Waals surface area contributed by atoms with Crippen LogP contribution in [0.15, 0.2) is 0 Å². The third-order valence-electron chi connectivity index (χ3n) is 14.5. The molecule has 0 saturated heterocycles. The molecular weight excluding hydrogens is 841 g/mol. The van der Waals surface area contributed by atoms with E-state index in [-0.39, 0.29) is 24.1 Å². The third-order valence-corrected chi connectivity index (χ3v) is 14.5. The van der Waals surface area contributed by atoms with Crippen molar-refractivity contribution in [2.75, 3.05) is 27.2 Å². The molecule has 0 saturated carbocycles. The van der Waals surface area contributed by atoms with E-state index in [1.165, 1.54) is 173 Å². The van der Waals surface area contributed by atoms with Crippen molar-refractivity contribution in [1.82, 2.24) is 9.80 Å². The lowest BCUT2D eigenvalue weighted by atomic mass is 9.97. The maximum Gasteiger partial charge on any atom is 0.306 e. The Hall–Kier alpha value is -1.63. The topological polar surface area (TPSA) is 76.2 Å². The maximum atomic E-state index is 14.0. The number of amides is 1. The normalized spacial score (nSPS) is 12.5. The molecule has 0 spiro atoms. The molecule has 2 atom stereocenters. The van der Waals surface area contributed by atoms with E-state index in [1.807, 2.05) is 0 Å². The van der Waals surface area contributed by atoms with E-state index < -0.39 is 0 Å². The molecule has 0 fully saturated rings. The molecule has 68 heavy (non-hydrogen) atoms. The molecule has 0 aromatic heterocycles. The molecule has 0 aliphatic heterocycles. The molecule has 0 aliphatic rings. The highest BCUT2D eigenvalue weighted by Gasteiger charge is 2.23. The second kappa shape index (κ2) is 51.7. The molecule has 0 rings (SSSR count). The van der Waals surface area contributed by atoms with Crippen LogP contribution in [-0.2, 0) is 23.9 Å². The fourth-order valence-corrected chi connectivity index (χ4v) is 10.00. The van der Waals surface area contributed by atoms with Gasteiger partial charge in [0.15, 0.2) is 0 Å². The van der Waals surface area contributed by atoms with Gasteiger partial charge in [-0.15, -0.1) is 0 Å². The van der Waals surface area contributed by atoms with Crippen molar-refractivity contribution >= 4 is 17.8 Å². The second-order valence-corrected chi connectivity index (χ2v) is 21.6. The lowest BCUT2D eigenvalue weighted by molar-refractivity contribution is -0.151. The molecule has 7 nitrogen and oxygen atoms in total. The highest BCUT2D eigenvalue weighted by molar-refractivity contribution is 5.76. The fourth-order valence-electron chi connectivity index (χ4n) is 10.00. The molecule has 0 radical (unpaired) electrons. The van der Waals surface area contributed by atoms with Crippen LogP contribution in [0.1, 0.15) is 330 Å². The summed E-state index contributed by atoms with van der Waals surface area (Å²) in [5, 5.41) is 0. The van der Waals surface area contributed by atoms with Crippen molar-refractivity contribution in [3.8, 4) is 0 Å². The highest BCUT2D eigenvalue weighted by Crippen LogP contribution is 2.23. The first-order chi connectivity index (χ1) is 33.2. The molecule has 2 unspecified atom stereocenters. The van der Waals surface area contributed by atoms with Gasteiger partial charge in [0.1, 0.15) is 12.2 Å². The SMILES string of the molecule is CCCCCCCCCC(=O)N(CCCN(C)C)C(CCCCCCCCC(=O)OC(CCCCCC)CCCCCC)CCCCCCCCC(=O)OC(CCCCCC)CCCCCCC. The number of unbranched alkanes of at least 4 members (excludes halogenated alkanes) is 29. The zero-order valence-corrected chi connectivity index (χ0v) is 47.1. The van der Waals surface area contributed by atoms with Gasteiger partial charge in [-0.2, -0.15) is 0 Å². The van der Waals surface area contributed by atoms with E-state index in [4.69, 9.17) is 9.47 Å². The Labute approximate surface area is 425 Å². The van der Waals surface area contributed by atoms with Gasteiger partial charge in [-0.25, -0.2) is 0 Å². The van der Waals surface area contributed by atoms with Gasteiger partial charge in [-0.3, -0.25) is 14.4 Å². The van der Waals surface area contributed by atoms with E-state index in [9.17, 15) is 14.4 Å². The van der Waals surface area contributed by atoms with E-state index in [0.29, 0.717) is 31.2 Å². The monoisotopic (exact) mass is 961 g/mol. The predicted molar refractivity (Wildman–Crippen MR) is 295 cm³/mol. The van der Waals surface area contributed by atoms with E-state index in [1.54, 1.807) is 0 Å². The zero-order chi connectivity index (χ0) is 50.0.